The fraction of sp³-hybridized carbons (Fsp3) is 0.731. The zero-order chi connectivity index (χ0) is 50.6. The van der Waals surface area contributed by atoms with E-state index in [4.69, 9.17) is 23.7 Å². The topological polar surface area (TPSA) is 219 Å². The Kier molecular flexibility index (Phi) is 20.8. The molecule has 17 heteroatoms. The van der Waals surface area contributed by atoms with Crippen molar-refractivity contribution in [2.75, 3.05) is 27.9 Å². The number of ether oxygens (including phenoxy) is 5. The van der Waals surface area contributed by atoms with Crippen LogP contribution >= 0.6 is 0 Å². The summed E-state index contributed by atoms with van der Waals surface area (Å²) in [6, 6.07) is -1.24. The number of esters is 1. The molecule has 1 aliphatic carbocycles. The number of piperidine rings is 1. The van der Waals surface area contributed by atoms with Crippen LogP contribution in [0.2, 0.25) is 0 Å². The molecule has 1 aromatic rings. The van der Waals surface area contributed by atoms with Crippen LogP contribution in [0.15, 0.2) is 53.9 Å². The molecule has 1 saturated carbocycles. The first-order valence-corrected chi connectivity index (χ1v) is 25.0. The van der Waals surface area contributed by atoms with Crippen molar-refractivity contribution in [1.82, 2.24) is 25.1 Å². The summed E-state index contributed by atoms with van der Waals surface area (Å²) < 4.78 is 29.9. The zero-order valence-electron chi connectivity index (χ0n) is 42.5. The molecular formula is C52H79N5O12. The Labute approximate surface area is 408 Å². The second-order valence-corrected chi connectivity index (χ2v) is 20.3. The van der Waals surface area contributed by atoms with Crippen molar-refractivity contribution < 1.29 is 57.9 Å². The highest BCUT2D eigenvalue weighted by molar-refractivity contribution is 6.39. The number of nitrogens with zero attached hydrogens (tertiary/aromatic N) is 5. The first kappa shape index (κ1) is 55.7. The average Bonchev–Trinajstić information content (AvgIpc) is 3.88. The molecule has 2 bridgehead atoms. The number of carbonyl (C=O) groups is 5. The minimum Gasteiger partial charge on any atom is -0.460 e. The summed E-state index contributed by atoms with van der Waals surface area (Å²) in [5.41, 5.74) is 1.27. The molecule has 5 rings (SSSR count). The van der Waals surface area contributed by atoms with Gasteiger partial charge in [0.1, 0.15) is 30.1 Å². The van der Waals surface area contributed by atoms with Crippen molar-refractivity contribution in [2.24, 2.45) is 35.5 Å². The molecule has 69 heavy (non-hydrogen) atoms. The number of tetrazole rings is 1. The lowest BCUT2D eigenvalue weighted by Crippen LogP contribution is -2.61. The Balaban J connectivity index is 1.46. The Bertz CT molecular complexity index is 2020. The molecule has 17 nitrogen and oxygen atoms in total. The van der Waals surface area contributed by atoms with Gasteiger partial charge in [0.05, 0.1) is 24.4 Å². The van der Waals surface area contributed by atoms with Crippen LogP contribution in [0.1, 0.15) is 132 Å². The number of carbonyl (C=O) groups excluding carboxylic acids is 5. The average molecular weight is 966 g/mol. The molecule has 1 amide bonds. The maximum Gasteiger partial charge on any atom is 0.329 e. The van der Waals surface area contributed by atoms with E-state index < -0.39 is 77.8 Å². The third-order valence-electron chi connectivity index (χ3n) is 15.1. The number of aliphatic hydroxyl groups is 2. The largest absolute Gasteiger partial charge is 0.460 e. The number of aromatic nitrogens is 4. The second-order valence-electron chi connectivity index (χ2n) is 20.3. The minimum absolute atomic E-state index is 0.0168. The number of hydrogen-bond acceptors (Lipinski definition) is 15. The number of methoxy groups -OCH3 is 3. The van der Waals surface area contributed by atoms with E-state index in [1.165, 1.54) is 18.3 Å². The minimum atomic E-state index is -2.43. The lowest BCUT2D eigenvalue weighted by Gasteiger charge is -2.42. The van der Waals surface area contributed by atoms with Crippen LogP contribution < -0.4 is 0 Å². The Morgan fingerprint density at radius 3 is 2.32 bits per heavy atom. The van der Waals surface area contributed by atoms with Gasteiger partial charge in [-0.1, -0.05) is 71.1 Å². The molecule has 0 spiro atoms. The number of amides is 1. The first-order chi connectivity index (χ1) is 32.8. The van der Waals surface area contributed by atoms with Gasteiger partial charge in [-0.3, -0.25) is 19.2 Å². The Morgan fingerprint density at radius 1 is 0.884 bits per heavy atom. The van der Waals surface area contributed by atoms with Crippen LogP contribution in [0.3, 0.4) is 0 Å². The van der Waals surface area contributed by atoms with E-state index in [9.17, 15) is 34.2 Å². The summed E-state index contributed by atoms with van der Waals surface area (Å²) in [5, 5.41) is 35.7. The van der Waals surface area contributed by atoms with E-state index in [0.717, 1.165) is 18.4 Å². The maximum absolute atomic E-state index is 14.5. The fourth-order valence-electron chi connectivity index (χ4n) is 10.7. The van der Waals surface area contributed by atoms with E-state index in [2.05, 4.69) is 15.4 Å². The van der Waals surface area contributed by atoms with Crippen LogP contribution in [-0.2, 0) is 47.7 Å². The zero-order valence-corrected chi connectivity index (χ0v) is 42.5. The SMILES string of the molecule is CO[C@H]1C[C@@H]2CC[C@@H](C)[C@@](O)(O2)C(=O)C(=O)N2CCCC[C@H]2C(=O)O[C@H]([C@H](C)C[C@@H]2CC[C@H](n3ncnn3)[C@H](OC)C2)CC(=O)[C@H](C)/C=C(\C)[C@@H](O)[C@@H](OC)C(=O)[C@@H](C)C[C@H](C)/C=C/C=CC=C1C. The molecule has 3 aliphatic heterocycles. The molecule has 2 saturated heterocycles. The maximum atomic E-state index is 14.5. The number of rotatable bonds is 7. The number of ketones is 3. The molecule has 0 aromatic carbocycles. The van der Waals surface area contributed by atoms with Gasteiger partial charge in [-0.25, -0.2) is 4.79 Å². The monoisotopic (exact) mass is 966 g/mol. The molecule has 0 radical (unpaired) electrons. The fourth-order valence-corrected chi connectivity index (χ4v) is 10.7. The van der Waals surface area contributed by atoms with Crippen LogP contribution in [0, 0.1) is 35.5 Å². The summed E-state index contributed by atoms with van der Waals surface area (Å²) in [6.45, 7) is 12.8. The molecule has 4 aliphatic rings. The summed E-state index contributed by atoms with van der Waals surface area (Å²) in [4.78, 5) is 73.9. The molecule has 15 atom stereocenters. The van der Waals surface area contributed by atoms with E-state index >= 15 is 0 Å². The van der Waals surface area contributed by atoms with Gasteiger partial charge in [0.15, 0.2) is 12.1 Å². The molecule has 0 unspecified atom stereocenters. The second kappa shape index (κ2) is 25.7. The number of aliphatic hydroxyl groups excluding tert-OH is 1. The van der Waals surface area contributed by atoms with Crippen molar-refractivity contribution in [2.45, 2.75) is 180 Å². The van der Waals surface area contributed by atoms with E-state index in [-0.39, 0.29) is 60.9 Å². The predicted molar refractivity (Wildman–Crippen MR) is 256 cm³/mol. The number of cyclic esters (lactones) is 1. The van der Waals surface area contributed by atoms with Crippen molar-refractivity contribution in [3.8, 4) is 0 Å². The summed E-state index contributed by atoms with van der Waals surface area (Å²) in [6.07, 6.45) is 13.7. The molecule has 3 fully saturated rings. The Morgan fingerprint density at radius 2 is 1.64 bits per heavy atom. The summed E-state index contributed by atoms with van der Waals surface area (Å²) in [5.74, 6) is -7.94. The van der Waals surface area contributed by atoms with E-state index in [1.54, 1.807) is 45.9 Å². The highest BCUT2D eigenvalue weighted by Gasteiger charge is 2.53. The normalized spacial score (nSPS) is 37.5. The molecular weight excluding hydrogens is 887 g/mol. The number of Topliss-reactive ketones (excluding diaryl/α,β-unsaturated/α-hetero) is 3. The van der Waals surface area contributed by atoms with Gasteiger partial charge in [-0.2, -0.15) is 4.80 Å². The van der Waals surface area contributed by atoms with Gasteiger partial charge in [0.25, 0.3) is 11.7 Å². The van der Waals surface area contributed by atoms with Gasteiger partial charge in [0.2, 0.25) is 5.79 Å². The number of allylic oxidation sites excluding steroid dienone is 6. The third-order valence-corrected chi connectivity index (χ3v) is 15.1. The molecule has 1 aromatic heterocycles. The highest BCUT2D eigenvalue weighted by atomic mass is 16.6. The van der Waals surface area contributed by atoms with Gasteiger partial charge >= 0.3 is 5.97 Å². The van der Waals surface area contributed by atoms with Gasteiger partial charge < -0.3 is 38.8 Å². The van der Waals surface area contributed by atoms with E-state index in [1.807, 2.05) is 58.1 Å². The van der Waals surface area contributed by atoms with Crippen molar-refractivity contribution >= 4 is 29.2 Å². The lowest BCUT2D eigenvalue weighted by molar-refractivity contribution is -0.265. The summed E-state index contributed by atoms with van der Waals surface area (Å²) in [7, 11) is 4.61. The van der Waals surface area contributed by atoms with Crippen molar-refractivity contribution in [3.05, 3.63) is 53.9 Å². The van der Waals surface area contributed by atoms with Crippen LogP contribution in [0.5, 0.6) is 0 Å². The third kappa shape index (κ3) is 14.2. The van der Waals surface area contributed by atoms with Crippen LogP contribution in [0.4, 0.5) is 0 Å². The molecule has 4 heterocycles. The van der Waals surface area contributed by atoms with Gasteiger partial charge in [-0.05, 0) is 112 Å². The number of fused-ring (bicyclic) bond motifs is 3. The summed E-state index contributed by atoms with van der Waals surface area (Å²) >= 11 is 0. The van der Waals surface area contributed by atoms with Crippen molar-refractivity contribution in [3.63, 3.8) is 0 Å². The van der Waals surface area contributed by atoms with Crippen LogP contribution in [-0.4, -0.2) is 141 Å². The highest BCUT2D eigenvalue weighted by Crippen LogP contribution is 2.39. The van der Waals surface area contributed by atoms with Gasteiger partial charge in [0, 0.05) is 58.5 Å². The van der Waals surface area contributed by atoms with Crippen molar-refractivity contribution in [1.29, 1.82) is 0 Å². The smallest absolute Gasteiger partial charge is 0.329 e. The molecule has 384 valence electrons. The standard InChI is InChI=1S/C52H79N5O12/c1-31-16-12-11-13-17-32(2)43(65-8)28-39-21-19-37(7)52(64,69-39)49(61)50(62)56-23-15-14-18-41(56)51(63)68-44(34(4)26-38-20-22-40(45(27-38)66-9)57-54-30-53-55-57)29-42(58)33(3)25-36(6)47(60)48(67-10)46(59)35(5)24-31/h11-13,16-17,25,30-31,33-35,37-41,43-45,47-48,60,64H,14-15,18-24,26-29H2,1-10H3/b13-11?,16-12+,32-17?,36-25+/t31-,33-,34-,35+,37-,38+,39+,40+,41+,43+,44+,45-,47-,48+,52-/m1/s1. The van der Waals surface area contributed by atoms with E-state index in [0.29, 0.717) is 56.9 Å². The quantitative estimate of drug-likeness (QED) is 0.181. The van der Waals surface area contributed by atoms with Crippen LogP contribution in [0.25, 0.3) is 0 Å². The molecule has 2 N–H and O–H groups in total. The predicted octanol–water partition coefficient (Wildman–Crippen LogP) is 6.05. The number of hydrogen-bond donors (Lipinski definition) is 2. The Hall–Kier alpha value is -4.26. The first-order valence-electron chi connectivity index (χ1n) is 25.0. The van der Waals surface area contributed by atoms with Gasteiger partial charge in [-0.15, -0.1) is 10.2 Å². The lowest BCUT2D eigenvalue weighted by atomic mass is 9.77.